The fraction of sp³-hybridized carbons (Fsp3) is 0.286. The standard InChI is InChI=1S/C14H13N3/c15-10-13(11-16)8-12-4-3-5-14(9-12)17-6-1-2-7-17/h3-5,8-9H,1-2,6-7H2. The second-order valence-electron chi connectivity index (χ2n) is 4.07. The van der Waals surface area contributed by atoms with E-state index in [1.165, 1.54) is 18.5 Å². The summed E-state index contributed by atoms with van der Waals surface area (Å²) in [6.45, 7) is 2.19. The molecule has 0 saturated carbocycles. The van der Waals surface area contributed by atoms with Gasteiger partial charge in [-0.15, -0.1) is 0 Å². The van der Waals surface area contributed by atoms with Crippen molar-refractivity contribution in [2.24, 2.45) is 0 Å². The molecule has 1 fully saturated rings. The molecule has 84 valence electrons. The van der Waals surface area contributed by atoms with Crippen LogP contribution in [0.25, 0.3) is 6.08 Å². The molecule has 0 atom stereocenters. The maximum Gasteiger partial charge on any atom is 0.130 e. The van der Waals surface area contributed by atoms with E-state index < -0.39 is 0 Å². The van der Waals surface area contributed by atoms with E-state index in [0.29, 0.717) is 0 Å². The van der Waals surface area contributed by atoms with Crippen LogP contribution in [0.5, 0.6) is 0 Å². The number of nitrogens with zero attached hydrogens (tertiary/aromatic N) is 3. The Morgan fingerprint density at radius 1 is 1.18 bits per heavy atom. The van der Waals surface area contributed by atoms with Gasteiger partial charge in [0.25, 0.3) is 0 Å². The van der Waals surface area contributed by atoms with Crippen molar-refractivity contribution in [3.05, 3.63) is 35.4 Å². The Morgan fingerprint density at radius 2 is 1.88 bits per heavy atom. The zero-order valence-corrected chi connectivity index (χ0v) is 9.56. The Kier molecular flexibility index (Phi) is 3.43. The molecule has 1 aromatic carbocycles. The maximum absolute atomic E-state index is 8.72. The highest BCUT2D eigenvalue weighted by atomic mass is 15.1. The second kappa shape index (κ2) is 5.18. The summed E-state index contributed by atoms with van der Waals surface area (Å²) in [5.74, 6) is 0. The van der Waals surface area contributed by atoms with Crippen molar-refractivity contribution in [2.45, 2.75) is 12.8 Å². The van der Waals surface area contributed by atoms with Crippen molar-refractivity contribution in [1.29, 1.82) is 10.5 Å². The SMILES string of the molecule is N#CC(C#N)=Cc1cccc(N2CCCC2)c1. The molecule has 0 spiro atoms. The quantitative estimate of drug-likeness (QED) is 0.724. The van der Waals surface area contributed by atoms with Crippen LogP contribution < -0.4 is 4.90 Å². The first-order valence-electron chi connectivity index (χ1n) is 5.70. The Bertz CT molecular complexity index is 495. The lowest BCUT2D eigenvalue weighted by Crippen LogP contribution is -2.17. The van der Waals surface area contributed by atoms with Gasteiger partial charge in [0.05, 0.1) is 0 Å². The summed E-state index contributed by atoms with van der Waals surface area (Å²) in [5.41, 5.74) is 2.22. The van der Waals surface area contributed by atoms with Gasteiger partial charge in [0.2, 0.25) is 0 Å². The Morgan fingerprint density at radius 3 is 2.53 bits per heavy atom. The Labute approximate surface area is 101 Å². The average Bonchev–Trinajstić information content (AvgIpc) is 2.90. The molecule has 2 rings (SSSR count). The number of allylic oxidation sites excluding steroid dienone is 1. The highest BCUT2D eigenvalue weighted by Gasteiger charge is 2.11. The zero-order valence-electron chi connectivity index (χ0n) is 9.56. The molecular weight excluding hydrogens is 210 g/mol. The molecule has 1 aromatic rings. The summed E-state index contributed by atoms with van der Waals surface area (Å²) in [5, 5.41) is 17.4. The van der Waals surface area contributed by atoms with E-state index in [-0.39, 0.29) is 5.57 Å². The van der Waals surface area contributed by atoms with Gasteiger partial charge in [-0.2, -0.15) is 10.5 Å². The fourth-order valence-corrected chi connectivity index (χ4v) is 2.04. The smallest absolute Gasteiger partial charge is 0.130 e. The molecular formula is C14H13N3. The van der Waals surface area contributed by atoms with E-state index in [0.717, 1.165) is 18.7 Å². The van der Waals surface area contributed by atoms with Crippen LogP contribution in [0.4, 0.5) is 5.69 Å². The van der Waals surface area contributed by atoms with Crippen LogP contribution in [-0.4, -0.2) is 13.1 Å². The zero-order chi connectivity index (χ0) is 12.1. The molecule has 0 amide bonds. The van der Waals surface area contributed by atoms with Gasteiger partial charge in [-0.3, -0.25) is 0 Å². The van der Waals surface area contributed by atoms with Gasteiger partial charge < -0.3 is 4.90 Å². The molecule has 0 unspecified atom stereocenters. The number of hydrogen-bond donors (Lipinski definition) is 0. The molecule has 1 saturated heterocycles. The summed E-state index contributed by atoms with van der Waals surface area (Å²) >= 11 is 0. The van der Waals surface area contributed by atoms with E-state index in [4.69, 9.17) is 10.5 Å². The van der Waals surface area contributed by atoms with Gasteiger partial charge >= 0.3 is 0 Å². The minimum atomic E-state index is 0.142. The Hall–Kier alpha value is -2.26. The van der Waals surface area contributed by atoms with Gasteiger partial charge in [-0.25, -0.2) is 0 Å². The first-order chi connectivity index (χ1) is 8.33. The topological polar surface area (TPSA) is 50.8 Å². The number of anilines is 1. The van der Waals surface area contributed by atoms with Crippen molar-refractivity contribution < 1.29 is 0 Å². The average molecular weight is 223 g/mol. The molecule has 1 aliphatic rings. The molecule has 1 aliphatic heterocycles. The maximum atomic E-state index is 8.72. The van der Waals surface area contributed by atoms with Crippen molar-refractivity contribution in [3.63, 3.8) is 0 Å². The molecule has 0 aromatic heterocycles. The summed E-state index contributed by atoms with van der Waals surface area (Å²) in [6, 6.07) is 11.7. The van der Waals surface area contributed by atoms with Crippen LogP contribution in [0, 0.1) is 22.7 Å². The number of benzene rings is 1. The van der Waals surface area contributed by atoms with Gasteiger partial charge in [0.15, 0.2) is 0 Å². The predicted octanol–water partition coefficient (Wildman–Crippen LogP) is 2.72. The first kappa shape index (κ1) is 11.2. The van der Waals surface area contributed by atoms with Gasteiger partial charge in [0, 0.05) is 18.8 Å². The molecule has 17 heavy (non-hydrogen) atoms. The van der Waals surface area contributed by atoms with Crippen LogP contribution in [-0.2, 0) is 0 Å². The lowest BCUT2D eigenvalue weighted by molar-refractivity contribution is 0.949. The van der Waals surface area contributed by atoms with E-state index in [2.05, 4.69) is 11.0 Å². The molecule has 0 radical (unpaired) electrons. The second-order valence-corrected chi connectivity index (χ2v) is 4.07. The summed E-state index contributed by atoms with van der Waals surface area (Å²) < 4.78 is 0. The van der Waals surface area contributed by atoms with Crippen molar-refractivity contribution in [2.75, 3.05) is 18.0 Å². The third kappa shape index (κ3) is 2.65. The minimum absolute atomic E-state index is 0.142. The summed E-state index contributed by atoms with van der Waals surface area (Å²) in [7, 11) is 0. The van der Waals surface area contributed by atoms with E-state index in [1.54, 1.807) is 6.08 Å². The van der Waals surface area contributed by atoms with Crippen LogP contribution >= 0.6 is 0 Å². The van der Waals surface area contributed by atoms with E-state index in [9.17, 15) is 0 Å². The number of nitriles is 2. The van der Waals surface area contributed by atoms with Crippen LogP contribution in [0.15, 0.2) is 29.8 Å². The van der Waals surface area contributed by atoms with Crippen LogP contribution in [0.3, 0.4) is 0 Å². The number of hydrogen-bond acceptors (Lipinski definition) is 3. The van der Waals surface area contributed by atoms with Crippen molar-refractivity contribution >= 4 is 11.8 Å². The third-order valence-electron chi connectivity index (χ3n) is 2.89. The fourth-order valence-electron chi connectivity index (χ4n) is 2.04. The van der Waals surface area contributed by atoms with E-state index in [1.807, 2.05) is 30.3 Å². The lowest BCUT2D eigenvalue weighted by Gasteiger charge is -2.17. The molecule has 0 bridgehead atoms. The normalized spacial score (nSPS) is 13.9. The highest BCUT2D eigenvalue weighted by molar-refractivity contribution is 5.65. The molecule has 0 N–H and O–H groups in total. The minimum Gasteiger partial charge on any atom is -0.372 e. The predicted molar refractivity (Wildman–Crippen MR) is 67.1 cm³/mol. The van der Waals surface area contributed by atoms with E-state index >= 15 is 0 Å². The van der Waals surface area contributed by atoms with Crippen LogP contribution in [0.2, 0.25) is 0 Å². The summed E-state index contributed by atoms with van der Waals surface area (Å²) in [4.78, 5) is 2.33. The third-order valence-corrected chi connectivity index (χ3v) is 2.89. The highest BCUT2D eigenvalue weighted by Crippen LogP contribution is 2.22. The van der Waals surface area contributed by atoms with Gasteiger partial charge in [-0.1, -0.05) is 12.1 Å². The van der Waals surface area contributed by atoms with Gasteiger partial charge in [-0.05, 0) is 36.6 Å². The molecule has 0 aliphatic carbocycles. The molecule has 1 heterocycles. The largest absolute Gasteiger partial charge is 0.372 e. The lowest BCUT2D eigenvalue weighted by atomic mass is 10.1. The van der Waals surface area contributed by atoms with Crippen molar-refractivity contribution in [1.82, 2.24) is 0 Å². The van der Waals surface area contributed by atoms with Crippen molar-refractivity contribution in [3.8, 4) is 12.1 Å². The Balaban J connectivity index is 2.26. The first-order valence-corrected chi connectivity index (χ1v) is 5.70. The monoisotopic (exact) mass is 223 g/mol. The molecule has 3 heteroatoms. The van der Waals surface area contributed by atoms with Crippen LogP contribution in [0.1, 0.15) is 18.4 Å². The summed E-state index contributed by atoms with van der Waals surface area (Å²) in [6.07, 6.45) is 4.10. The number of rotatable bonds is 2. The van der Waals surface area contributed by atoms with Gasteiger partial charge in [0.1, 0.15) is 17.7 Å². The molecule has 3 nitrogen and oxygen atoms in total.